The molecule has 1 fully saturated rings. The quantitative estimate of drug-likeness (QED) is 0.464. The summed E-state index contributed by atoms with van der Waals surface area (Å²) in [7, 11) is 2.00. The number of carbonyl (C=O) groups excluding carboxylic acids is 1. The predicted octanol–water partition coefficient (Wildman–Crippen LogP) is 4.21. The fourth-order valence-corrected chi connectivity index (χ4v) is 4.92. The number of fused-ring (bicyclic) bond motifs is 1. The van der Waals surface area contributed by atoms with Gasteiger partial charge in [-0.05, 0) is 79.5 Å². The van der Waals surface area contributed by atoms with Crippen LogP contribution in [-0.4, -0.2) is 45.4 Å². The van der Waals surface area contributed by atoms with Crippen molar-refractivity contribution in [2.75, 3.05) is 18.9 Å². The second kappa shape index (κ2) is 9.02. The van der Waals surface area contributed by atoms with Crippen LogP contribution in [0.3, 0.4) is 0 Å². The molecule has 5 rings (SSSR count). The Morgan fingerprint density at radius 1 is 1.12 bits per heavy atom. The Hall–Kier alpha value is -3.36. The lowest BCUT2D eigenvalue weighted by atomic mass is 10.1. The second-order valence-electron chi connectivity index (χ2n) is 7.97. The van der Waals surface area contributed by atoms with Crippen molar-refractivity contribution in [2.45, 2.75) is 25.4 Å². The minimum Gasteiger partial charge on any atom is -0.351 e. The lowest BCUT2D eigenvalue weighted by Crippen LogP contribution is -2.41. The summed E-state index contributed by atoms with van der Waals surface area (Å²) in [5, 5.41) is 7.15. The van der Waals surface area contributed by atoms with Crippen molar-refractivity contribution in [3.63, 3.8) is 0 Å². The van der Waals surface area contributed by atoms with Gasteiger partial charge in [0.25, 0.3) is 0 Å². The van der Waals surface area contributed by atoms with Crippen molar-refractivity contribution in [1.82, 2.24) is 25.2 Å². The van der Waals surface area contributed by atoms with Crippen LogP contribution < -0.4 is 10.6 Å². The lowest BCUT2D eigenvalue weighted by Gasteiger charge is -2.18. The van der Waals surface area contributed by atoms with Crippen LogP contribution in [0.2, 0.25) is 0 Å². The zero-order valence-electron chi connectivity index (χ0n) is 17.8. The molecule has 1 aliphatic rings. The Morgan fingerprint density at radius 3 is 2.81 bits per heavy atom. The Kier molecular flexibility index (Phi) is 5.79. The van der Waals surface area contributed by atoms with Crippen LogP contribution in [0.1, 0.15) is 18.4 Å². The molecule has 0 aliphatic carbocycles. The molecule has 162 valence electrons. The fourth-order valence-electron chi connectivity index (χ4n) is 4.01. The van der Waals surface area contributed by atoms with Gasteiger partial charge in [-0.25, -0.2) is 9.97 Å². The Balaban J connectivity index is 1.27. The molecule has 1 unspecified atom stereocenters. The summed E-state index contributed by atoms with van der Waals surface area (Å²) in [5.74, 6) is 0.802. The number of anilines is 2. The summed E-state index contributed by atoms with van der Waals surface area (Å²) in [5.41, 5.74) is 4.21. The molecule has 1 atom stereocenters. The van der Waals surface area contributed by atoms with Gasteiger partial charge < -0.3 is 10.6 Å². The van der Waals surface area contributed by atoms with Crippen molar-refractivity contribution in [3.05, 3.63) is 66.6 Å². The largest absolute Gasteiger partial charge is 0.351 e. The molecular formula is C24H24N6OS. The van der Waals surface area contributed by atoms with Crippen molar-refractivity contribution < 1.29 is 4.79 Å². The molecule has 0 radical (unpaired) electrons. The molecule has 7 nitrogen and oxygen atoms in total. The topological polar surface area (TPSA) is 83.0 Å². The lowest BCUT2D eigenvalue weighted by molar-refractivity contribution is -0.125. The molecule has 4 aromatic rings. The number of aromatic nitrogens is 3. The molecule has 1 aliphatic heterocycles. The number of carbonyl (C=O) groups is 1. The number of nitrogens with one attached hydrogen (secondary N) is 2. The first kappa shape index (κ1) is 20.5. The number of thiazole rings is 1. The van der Waals surface area contributed by atoms with E-state index in [0.717, 1.165) is 51.4 Å². The zero-order chi connectivity index (χ0) is 21.9. The molecule has 32 heavy (non-hydrogen) atoms. The third-order valence-corrected chi connectivity index (χ3v) is 6.68. The third-order valence-electron chi connectivity index (χ3n) is 5.75. The van der Waals surface area contributed by atoms with Gasteiger partial charge in [-0.1, -0.05) is 17.4 Å². The maximum absolute atomic E-state index is 12.4. The van der Waals surface area contributed by atoms with E-state index >= 15 is 0 Å². The van der Waals surface area contributed by atoms with E-state index in [0.29, 0.717) is 12.4 Å². The number of hydrogen-bond donors (Lipinski definition) is 2. The summed E-state index contributed by atoms with van der Waals surface area (Å²) >= 11 is 1.59. The van der Waals surface area contributed by atoms with Crippen LogP contribution in [0.15, 0.2) is 61.1 Å². The van der Waals surface area contributed by atoms with E-state index in [9.17, 15) is 4.79 Å². The fraction of sp³-hybridized carbons (Fsp3) is 0.250. The molecule has 1 aromatic carbocycles. The van der Waals surface area contributed by atoms with Gasteiger partial charge in [-0.3, -0.25) is 14.7 Å². The SMILES string of the molecule is CN1CCCC1C(=O)NCc1ccnc(Nc2nc3ccc(-c4ccncc4)cc3s2)c1. The van der Waals surface area contributed by atoms with Gasteiger partial charge >= 0.3 is 0 Å². The smallest absolute Gasteiger partial charge is 0.237 e. The summed E-state index contributed by atoms with van der Waals surface area (Å²) in [6.07, 6.45) is 7.34. The molecule has 0 bridgehead atoms. The highest BCUT2D eigenvalue weighted by atomic mass is 32.1. The summed E-state index contributed by atoms with van der Waals surface area (Å²) in [4.78, 5) is 27.7. The van der Waals surface area contributed by atoms with Crippen LogP contribution in [0.25, 0.3) is 21.3 Å². The van der Waals surface area contributed by atoms with Gasteiger partial charge in [-0.2, -0.15) is 0 Å². The summed E-state index contributed by atoms with van der Waals surface area (Å²) < 4.78 is 1.10. The minimum absolute atomic E-state index is 0.0192. The Bertz CT molecular complexity index is 1240. The highest BCUT2D eigenvalue weighted by Gasteiger charge is 2.27. The van der Waals surface area contributed by atoms with E-state index in [4.69, 9.17) is 0 Å². The normalized spacial score (nSPS) is 16.3. The van der Waals surface area contributed by atoms with Crippen LogP contribution in [0, 0.1) is 0 Å². The first-order valence-corrected chi connectivity index (χ1v) is 11.5. The molecule has 4 heterocycles. The monoisotopic (exact) mass is 444 g/mol. The number of nitrogens with zero attached hydrogens (tertiary/aromatic N) is 4. The minimum atomic E-state index is -0.0192. The highest BCUT2D eigenvalue weighted by molar-refractivity contribution is 7.22. The van der Waals surface area contributed by atoms with E-state index in [1.807, 2.05) is 37.4 Å². The maximum Gasteiger partial charge on any atom is 0.237 e. The van der Waals surface area contributed by atoms with E-state index in [2.05, 4.69) is 42.6 Å². The summed E-state index contributed by atoms with van der Waals surface area (Å²) in [6.45, 7) is 1.46. The molecule has 3 aromatic heterocycles. The molecule has 1 amide bonds. The van der Waals surface area contributed by atoms with E-state index in [1.54, 1.807) is 29.9 Å². The molecule has 0 saturated carbocycles. The highest BCUT2D eigenvalue weighted by Crippen LogP contribution is 2.31. The van der Waals surface area contributed by atoms with Gasteiger partial charge in [0.05, 0.1) is 16.3 Å². The van der Waals surface area contributed by atoms with Crippen LogP contribution in [0.5, 0.6) is 0 Å². The third kappa shape index (κ3) is 4.46. The second-order valence-corrected chi connectivity index (χ2v) is 9.00. The molecule has 0 spiro atoms. The van der Waals surface area contributed by atoms with Crippen LogP contribution >= 0.6 is 11.3 Å². The number of likely N-dealkylation sites (tertiary alicyclic amines) is 1. The standard InChI is InChI=1S/C24H24N6OS/c1-30-12-2-3-20(30)23(31)27-15-16-6-11-26-22(13-16)29-24-28-19-5-4-18(14-21(19)32-24)17-7-9-25-10-8-17/h4-11,13-14,20H,2-3,12,15H2,1H3,(H,27,31)(H,26,28,29). The van der Waals surface area contributed by atoms with Gasteiger partial charge in [0.1, 0.15) is 5.82 Å². The van der Waals surface area contributed by atoms with Crippen molar-refractivity contribution in [2.24, 2.45) is 0 Å². The average Bonchev–Trinajstić information content (AvgIpc) is 3.43. The predicted molar refractivity (Wildman–Crippen MR) is 128 cm³/mol. The van der Waals surface area contributed by atoms with Gasteiger partial charge in [-0.15, -0.1) is 0 Å². The first-order valence-electron chi connectivity index (χ1n) is 10.7. The number of hydrogen-bond acceptors (Lipinski definition) is 7. The van der Waals surface area contributed by atoms with Gasteiger partial charge in [0, 0.05) is 25.1 Å². The van der Waals surface area contributed by atoms with Crippen molar-refractivity contribution >= 4 is 38.4 Å². The number of pyridine rings is 2. The van der Waals surface area contributed by atoms with Crippen molar-refractivity contribution in [3.8, 4) is 11.1 Å². The van der Waals surface area contributed by atoms with Crippen LogP contribution in [0.4, 0.5) is 10.9 Å². The van der Waals surface area contributed by atoms with Crippen LogP contribution in [-0.2, 0) is 11.3 Å². The maximum atomic E-state index is 12.4. The average molecular weight is 445 g/mol. The number of amides is 1. The first-order chi connectivity index (χ1) is 15.7. The van der Waals surface area contributed by atoms with Gasteiger partial charge in [0.2, 0.25) is 5.91 Å². The number of rotatable bonds is 6. The molecule has 1 saturated heterocycles. The number of benzene rings is 1. The van der Waals surface area contributed by atoms with Gasteiger partial charge in [0.15, 0.2) is 5.13 Å². The molecule has 2 N–H and O–H groups in total. The Labute approximate surface area is 190 Å². The van der Waals surface area contributed by atoms with Crippen molar-refractivity contribution in [1.29, 1.82) is 0 Å². The number of likely N-dealkylation sites (N-methyl/N-ethyl adjacent to an activating group) is 1. The molecular weight excluding hydrogens is 420 g/mol. The van der Waals surface area contributed by atoms with E-state index in [-0.39, 0.29) is 11.9 Å². The zero-order valence-corrected chi connectivity index (χ0v) is 18.6. The molecule has 8 heteroatoms. The Morgan fingerprint density at radius 2 is 2.00 bits per heavy atom. The van der Waals surface area contributed by atoms with E-state index in [1.165, 1.54) is 0 Å². The summed E-state index contributed by atoms with van der Waals surface area (Å²) in [6, 6.07) is 14.1. The van der Waals surface area contributed by atoms with E-state index < -0.39 is 0 Å².